The predicted octanol–water partition coefficient (Wildman–Crippen LogP) is 1.99. The Bertz CT molecular complexity index is 526. The van der Waals surface area contributed by atoms with Crippen molar-refractivity contribution in [1.82, 2.24) is 10.6 Å². The average molecular weight is 304 g/mol. The molecule has 0 saturated carbocycles. The van der Waals surface area contributed by atoms with Gasteiger partial charge in [0.1, 0.15) is 0 Å². The minimum absolute atomic E-state index is 0.00101. The van der Waals surface area contributed by atoms with Gasteiger partial charge in [0.15, 0.2) is 5.78 Å². The van der Waals surface area contributed by atoms with Gasteiger partial charge in [0.05, 0.1) is 0 Å². The quantitative estimate of drug-likeness (QED) is 0.541. The molecule has 0 unspecified atom stereocenters. The molecule has 0 aromatic heterocycles. The fourth-order valence-corrected chi connectivity index (χ4v) is 2.08. The van der Waals surface area contributed by atoms with Crippen LogP contribution in [0.2, 0.25) is 0 Å². The summed E-state index contributed by atoms with van der Waals surface area (Å²) in [6.07, 6.45) is 2.06. The van der Waals surface area contributed by atoms with Gasteiger partial charge in [-0.25, -0.2) is 0 Å². The van der Waals surface area contributed by atoms with Crippen LogP contribution in [-0.4, -0.2) is 30.7 Å². The van der Waals surface area contributed by atoms with Gasteiger partial charge in [0.25, 0.3) is 0 Å². The highest BCUT2D eigenvalue weighted by atomic mass is 16.2. The van der Waals surface area contributed by atoms with Gasteiger partial charge in [-0.2, -0.15) is 0 Å². The van der Waals surface area contributed by atoms with E-state index in [0.717, 1.165) is 18.4 Å². The Morgan fingerprint density at radius 2 is 1.59 bits per heavy atom. The number of carbonyl (C=O) groups is 3. The summed E-state index contributed by atoms with van der Waals surface area (Å²) >= 11 is 0. The minimum Gasteiger partial charge on any atom is -0.356 e. The Hall–Kier alpha value is -2.17. The molecule has 0 radical (unpaired) electrons. The Balaban J connectivity index is 2.17. The lowest BCUT2D eigenvalue weighted by Gasteiger charge is -2.06. The summed E-state index contributed by atoms with van der Waals surface area (Å²) in [6, 6.07) is 7.40. The molecule has 5 nitrogen and oxygen atoms in total. The van der Waals surface area contributed by atoms with Crippen LogP contribution in [0.25, 0.3) is 0 Å². The molecular formula is C17H24N2O3. The first-order valence-electron chi connectivity index (χ1n) is 7.60. The average Bonchev–Trinajstić information content (AvgIpc) is 2.48. The lowest BCUT2D eigenvalue weighted by atomic mass is 10.0. The molecule has 22 heavy (non-hydrogen) atoms. The van der Waals surface area contributed by atoms with E-state index in [1.165, 1.54) is 6.92 Å². The summed E-state index contributed by atoms with van der Waals surface area (Å²) in [5.74, 6) is -0.154. The zero-order valence-corrected chi connectivity index (χ0v) is 13.3. The van der Waals surface area contributed by atoms with Crippen LogP contribution in [0.4, 0.5) is 0 Å². The molecule has 5 heteroatoms. The van der Waals surface area contributed by atoms with Crippen molar-refractivity contribution in [3.8, 4) is 0 Å². The van der Waals surface area contributed by atoms with Crippen LogP contribution in [0, 0.1) is 6.92 Å². The number of hydrogen-bond acceptors (Lipinski definition) is 3. The normalized spacial score (nSPS) is 10.1. The van der Waals surface area contributed by atoms with Crippen LogP contribution >= 0.6 is 0 Å². The molecule has 0 spiro atoms. The number of Topliss-reactive ketones (excluding diaryl/α,β-unsaturated/α-hetero) is 1. The molecule has 0 saturated heterocycles. The fourth-order valence-electron chi connectivity index (χ4n) is 2.08. The molecule has 0 bridgehead atoms. The minimum atomic E-state index is -0.110. The number of carbonyl (C=O) groups excluding carboxylic acids is 3. The number of amides is 2. The molecule has 0 aliphatic carbocycles. The maximum atomic E-state index is 12.0. The van der Waals surface area contributed by atoms with E-state index in [4.69, 9.17) is 0 Å². The Kier molecular flexibility index (Phi) is 7.89. The largest absolute Gasteiger partial charge is 0.356 e. The molecule has 2 N–H and O–H groups in total. The third-order valence-electron chi connectivity index (χ3n) is 3.32. The van der Waals surface area contributed by atoms with E-state index in [1.54, 1.807) is 6.07 Å². The molecule has 0 aliphatic heterocycles. The molecule has 0 atom stereocenters. The maximum Gasteiger partial charge on any atom is 0.220 e. The number of hydrogen-bond donors (Lipinski definition) is 2. The van der Waals surface area contributed by atoms with Crippen molar-refractivity contribution in [3.63, 3.8) is 0 Å². The number of ketones is 1. The van der Waals surface area contributed by atoms with Crippen molar-refractivity contribution in [2.45, 2.75) is 39.5 Å². The molecule has 0 heterocycles. The van der Waals surface area contributed by atoms with E-state index in [0.29, 0.717) is 18.7 Å². The van der Waals surface area contributed by atoms with Gasteiger partial charge in [-0.15, -0.1) is 0 Å². The van der Waals surface area contributed by atoms with E-state index in [-0.39, 0.29) is 30.4 Å². The number of aryl methyl sites for hydroxylation is 1. The van der Waals surface area contributed by atoms with Gasteiger partial charge in [0.2, 0.25) is 11.8 Å². The van der Waals surface area contributed by atoms with Crippen LogP contribution in [-0.2, 0) is 9.59 Å². The summed E-state index contributed by atoms with van der Waals surface area (Å²) in [6.45, 7) is 4.56. The van der Waals surface area contributed by atoms with Crippen molar-refractivity contribution in [2.75, 3.05) is 13.1 Å². The SMILES string of the molecule is CC(=O)NCCCCNC(=O)CCC(=O)c1ccccc1C. The standard InChI is InChI=1S/C17H24N2O3/c1-13-7-3-4-8-15(13)16(21)9-10-17(22)19-12-6-5-11-18-14(2)20/h3-4,7-8H,5-6,9-12H2,1-2H3,(H,18,20)(H,19,22). The third kappa shape index (κ3) is 7.02. The van der Waals surface area contributed by atoms with Crippen molar-refractivity contribution >= 4 is 17.6 Å². The van der Waals surface area contributed by atoms with Gasteiger partial charge in [0, 0.05) is 38.4 Å². The van der Waals surface area contributed by atoms with Crippen molar-refractivity contribution in [1.29, 1.82) is 0 Å². The highest BCUT2D eigenvalue weighted by Crippen LogP contribution is 2.10. The summed E-state index contributed by atoms with van der Waals surface area (Å²) in [5, 5.41) is 5.49. The monoisotopic (exact) mass is 304 g/mol. The lowest BCUT2D eigenvalue weighted by molar-refractivity contribution is -0.121. The van der Waals surface area contributed by atoms with Gasteiger partial charge >= 0.3 is 0 Å². The second-order valence-electron chi connectivity index (χ2n) is 5.28. The predicted molar refractivity (Wildman–Crippen MR) is 85.7 cm³/mol. The summed E-state index contributed by atoms with van der Waals surface area (Å²) in [4.78, 5) is 34.4. The van der Waals surface area contributed by atoms with E-state index in [9.17, 15) is 14.4 Å². The van der Waals surface area contributed by atoms with Gasteiger partial charge in [-0.1, -0.05) is 24.3 Å². The van der Waals surface area contributed by atoms with E-state index in [2.05, 4.69) is 10.6 Å². The molecular weight excluding hydrogens is 280 g/mol. The van der Waals surface area contributed by atoms with E-state index in [1.807, 2.05) is 25.1 Å². The molecule has 2 amide bonds. The number of benzene rings is 1. The van der Waals surface area contributed by atoms with E-state index >= 15 is 0 Å². The topological polar surface area (TPSA) is 75.3 Å². The van der Waals surface area contributed by atoms with Crippen LogP contribution in [0.3, 0.4) is 0 Å². The number of unbranched alkanes of at least 4 members (excludes halogenated alkanes) is 1. The smallest absolute Gasteiger partial charge is 0.220 e. The Morgan fingerprint density at radius 1 is 0.955 bits per heavy atom. The van der Waals surface area contributed by atoms with Crippen molar-refractivity contribution in [3.05, 3.63) is 35.4 Å². The highest BCUT2D eigenvalue weighted by Gasteiger charge is 2.10. The number of rotatable bonds is 9. The van der Waals surface area contributed by atoms with Crippen LogP contribution < -0.4 is 10.6 Å². The van der Waals surface area contributed by atoms with E-state index < -0.39 is 0 Å². The van der Waals surface area contributed by atoms with Gasteiger partial charge in [-0.05, 0) is 25.3 Å². The van der Waals surface area contributed by atoms with Crippen LogP contribution in [0.15, 0.2) is 24.3 Å². The first kappa shape index (κ1) is 17.9. The first-order chi connectivity index (χ1) is 10.5. The second-order valence-corrected chi connectivity index (χ2v) is 5.28. The lowest BCUT2D eigenvalue weighted by Crippen LogP contribution is -2.26. The summed E-state index contributed by atoms with van der Waals surface area (Å²) < 4.78 is 0. The van der Waals surface area contributed by atoms with Crippen LogP contribution in [0.5, 0.6) is 0 Å². The summed E-state index contributed by atoms with van der Waals surface area (Å²) in [5.41, 5.74) is 1.62. The van der Waals surface area contributed by atoms with Crippen molar-refractivity contribution < 1.29 is 14.4 Å². The van der Waals surface area contributed by atoms with Gasteiger partial charge in [-0.3, -0.25) is 14.4 Å². The maximum absolute atomic E-state index is 12.0. The Morgan fingerprint density at radius 3 is 2.23 bits per heavy atom. The zero-order valence-electron chi connectivity index (χ0n) is 13.3. The molecule has 1 aromatic carbocycles. The highest BCUT2D eigenvalue weighted by molar-refractivity contribution is 5.99. The third-order valence-corrected chi connectivity index (χ3v) is 3.32. The molecule has 120 valence electrons. The van der Waals surface area contributed by atoms with Crippen molar-refractivity contribution in [2.24, 2.45) is 0 Å². The first-order valence-corrected chi connectivity index (χ1v) is 7.60. The Labute approximate surface area is 131 Å². The zero-order chi connectivity index (χ0) is 16.4. The summed E-state index contributed by atoms with van der Waals surface area (Å²) in [7, 11) is 0. The molecule has 1 aromatic rings. The van der Waals surface area contributed by atoms with Crippen LogP contribution in [0.1, 0.15) is 48.5 Å². The molecule has 0 fully saturated rings. The molecule has 1 rings (SSSR count). The number of nitrogens with one attached hydrogen (secondary N) is 2. The van der Waals surface area contributed by atoms with Gasteiger partial charge < -0.3 is 10.6 Å². The second kappa shape index (κ2) is 9.71. The molecule has 0 aliphatic rings. The fraction of sp³-hybridized carbons (Fsp3) is 0.471.